The quantitative estimate of drug-likeness (QED) is 0.250. The first-order chi connectivity index (χ1) is 19.6. The van der Waals surface area contributed by atoms with Gasteiger partial charge in [0.15, 0.2) is 5.82 Å². The Labute approximate surface area is 239 Å². The molecule has 2 aromatic heterocycles. The second-order valence-corrected chi connectivity index (χ2v) is 11.2. The second kappa shape index (κ2) is 11.3. The monoisotopic (exact) mass is 546 g/mol. The van der Waals surface area contributed by atoms with E-state index in [9.17, 15) is 9.59 Å². The summed E-state index contributed by atoms with van der Waals surface area (Å²) in [4.78, 5) is 34.8. The summed E-state index contributed by atoms with van der Waals surface area (Å²) in [5.41, 5.74) is 6.39. The van der Waals surface area contributed by atoms with Gasteiger partial charge in [-0.05, 0) is 59.4 Å². The molecule has 8 heteroatoms. The Hall–Kier alpha value is -4.98. The minimum atomic E-state index is -0.239. The van der Waals surface area contributed by atoms with E-state index in [1.165, 1.54) is 10.1 Å². The fraction of sp³-hybridized carbons (Fsp3) is 0.212. The fourth-order valence-electron chi connectivity index (χ4n) is 4.60. The van der Waals surface area contributed by atoms with Gasteiger partial charge >= 0.3 is 0 Å². The van der Waals surface area contributed by atoms with Gasteiger partial charge in [-0.1, -0.05) is 57.2 Å². The first-order valence-corrected chi connectivity index (χ1v) is 13.5. The molecule has 3 aromatic carbocycles. The molecular formula is C33H34N6O2. The van der Waals surface area contributed by atoms with Gasteiger partial charge in [-0.25, -0.2) is 9.97 Å². The maximum absolute atomic E-state index is 13.1. The van der Waals surface area contributed by atoms with Crippen molar-refractivity contribution in [2.75, 3.05) is 10.6 Å². The average Bonchev–Trinajstić information content (AvgIpc) is 3.46. The number of carbonyl (C=O) groups is 1. The van der Waals surface area contributed by atoms with Crippen molar-refractivity contribution >= 4 is 23.1 Å². The molecule has 0 saturated heterocycles. The van der Waals surface area contributed by atoms with Gasteiger partial charge in [0.05, 0.1) is 12.0 Å². The van der Waals surface area contributed by atoms with Crippen molar-refractivity contribution in [2.45, 2.75) is 39.7 Å². The van der Waals surface area contributed by atoms with E-state index in [2.05, 4.69) is 41.4 Å². The number of aromatic nitrogens is 4. The van der Waals surface area contributed by atoms with Crippen LogP contribution in [0.4, 0.5) is 17.2 Å². The maximum Gasteiger partial charge on any atom is 0.293 e. The zero-order chi connectivity index (χ0) is 29.1. The Balaban J connectivity index is 1.37. The summed E-state index contributed by atoms with van der Waals surface area (Å²) in [6, 6.07) is 21.2. The Morgan fingerprint density at radius 3 is 2.37 bits per heavy atom. The molecule has 8 nitrogen and oxygen atoms in total. The molecule has 0 bridgehead atoms. The summed E-state index contributed by atoms with van der Waals surface area (Å²) < 4.78 is 3.50. The minimum absolute atomic E-state index is 0.0146. The third kappa shape index (κ3) is 6.27. The maximum atomic E-state index is 13.1. The van der Waals surface area contributed by atoms with Gasteiger partial charge in [-0.3, -0.25) is 9.59 Å². The van der Waals surface area contributed by atoms with Crippen LogP contribution >= 0.6 is 0 Å². The molecule has 0 fully saturated rings. The van der Waals surface area contributed by atoms with Crippen LogP contribution in [0.25, 0.3) is 11.3 Å². The zero-order valence-corrected chi connectivity index (χ0v) is 24.0. The van der Waals surface area contributed by atoms with Crippen LogP contribution in [0.3, 0.4) is 0 Å². The Bertz CT molecular complexity index is 1730. The predicted molar refractivity (Wildman–Crippen MR) is 164 cm³/mol. The van der Waals surface area contributed by atoms with Gasteiger partial charge in [-0.2, -0.15) is 0 Å². The molecule has 0 saturated carbocycles. The molecule has 1 amide bonds. The number of anilines is 3. The van der Waals surface area contributed by atoms with Gasteiger partial charge in [0, 0.05) is 54.7 Å². The third-order valence-corrected chi connectivity index (χ3v) is 7.08. The van der Waals surface area contributed by atoms with Crippen LogP contribution in [0.2, 0.25) is 0 Å². The van der Waals surface area contributed by atoms with Gasteiger partial charge in [-0.15, -0.1) is 0 Å². The van der Waals surface area contributed by atoms with Crippen molar-refractivity contribution in [3.05, 3.63) is 124 Å². The number of nitrogens with zero attached hydrogens (tertiary/aromatic N) is 4. The summed E-state index contributed by atoms with van der Waals surface area (Å²) in [6.07, 6.45) is 7.15. The van der Waals surface area contributed by atoms with Crippen LogP contribution in [0.1, 0.15) is 47.8 Å². The molecule has 0 unspecified atom stereocenters. The molecule has 0 aliphatic carbocycles. The van der Waals surface area contributed by atoms with Crippen LogP contribution in [0, 0.1) is 6.92 Å². The molecule has 5 aromatic rings. The van der Waals surface area contributed by atoms with E-state index < -0.39 is 0 Å². The van der Waals surface area contributed by atoms with Crippen LogP contribution in [0.5, 0.6) is 0 Å². The number of aryl methyl sites for hydroxylation is 1. The van der Waals surface area contributed by atoms with E-state index in [1.807, 2.05) is 84.4 Å². The third-order valence-electron chi connectivity index (χ3n) is 7.08. The molecule has 0 spiro atoms. The molecule has 0 aliphatic rings. The highest BCUT2D eigenvalue weighted by Crippen LogP contribution is 2.29. The van der Waals surface area contributed by atoms with Crippen LogP contribution in [-0.2, 0) is 19.0 Å². The molecule has 0 radical (unpaired) electrons. The number of amides is 1. The summed E-state index contributed by atoms with van der Waals surface area (Å²) >= 11 is 0. The number of benzene rings is 3. The summed E-state index contributed by atoms with van der Waals surface area (Å²) in [5.74, 6) is 0.0399. The van der Waals surface area contributed by atoms with Crippen molar-refractivity contribution < 1.29 is 4.79 Å². The lowest BCUT2D eigenvalue weighted by molar-refractivity contribution is 0.102. The molecule has 0 atom stereocenters. The largest absolute Gasteiger partial charge is 0.336 e. The topological polar surface area (TPSA) is 93.8 Å². The predicted octanol–water partition coefficient (Wildman–Crippen LogP) is 6.29. The van der Waals surface area contributed by atoms with Crippen molar-refractivity contribution in [2.24, 2.45) is 7.05 Å². The number of hydrogen-bond donors (Lipinski definition) is 2. The Kier molecular flexibility index (Phi) is 7.57. The Morgan fingerprint density at radius 2 is 1.71 bits per heavy atom. The highest BCUT2D eigenvalue weighted by Gasteiger charge is 2.16. The van der Waals surface area contributed by atoms with E-state index in [-0.39, 0.29) is 22.7 Å². The lowest BCUT2D eigenvalue weighted by Gasteiger charge is -2.19. The fourth-order valence-corrected chi connectivity index (χ4v) is 4.60. The minimum Gasteiger partial charge on any atom is -0.336 e. The van der Waals surface area contributed by atoms with E-state index in [0.717, 1.165) is 22.4 Å². The summed E-state index contributed by atoms with van der Waals surface area (Å²) in [6.45, 7) is 9.08. The molecule has 41 heavy (non-hydrogen) atoms. The number of nitrogens with one attached hydrogen (secondary N) is 2. The van der Waals surface area contributed by atoms with E-state index in [4.69, 9.17) is 0 Å². The lowest BCUT2D eigenvalue weighted by Crippen LogP contribution is -2.21. The number of imidazole rings is 1. The molecule has 2 heterocycles. The summed E-state index contributed by atoms with van der Waals surface area (Å²) in [5, 5.41) is 6.22. The molecule has 208 valence electrons. The van der Waals surface area contributed by atoms with Crippen LogP contribution in [-0.4, -0.2) is 25.0 Å². The molecule has 2 N–H and O–H groups in total. The molecule has 5 rings (SSSR count). The number of rotatable bonds is 7. The first kappa shape index (κ1) is 27.6. The SMILES string of the molecule is Cc1c(NC(=O)c2ccc(C(C)(C)C)cc2)cccc1-c1cn(C)c(=O)c(Nc2ccc(Cn3ccnc3)cc2)n1. The summed E-state index contributed by atoms with van der Waals surface area (Å²) in [7, 11) is 1.70. The highest BCUT2D eigenvalue weighted by molar-refractivity contribution is 6.05. The van der Waals surface area contributed by atoms with Crippen molar-refractivity contribution in [1.29, 1.82) is 0 Å². The normalized spacial score (nSPS) is 11.3. The van der Waals surface area contributed by atoms with Gasteiger partial charge < -0.3 is 19.8 Å². The van der Waals surface area contributed by atoms with E-state index in [1.54, 1.807) is 25.8 Å². The van der Waals surface area contributed by atoms with Crippen molar-refractivity contribution in [3.8, 4) is 11.3 Å². The van der Waals surface area contributed by atoms with Crippen molar-refractivity contribution in [3.63, 3.8) is 0 Å². The van der Waals surface area contributed by atoms with Gasteiger partial charge in [0.1, 0.15) is 0 Å². The standard InChI is InChI=1S/C33H34N6O2/c1-22-27(7-6-8-28(22)37-31(40)24-11-13-25(14-12-24)33(2,3)4)29-20-38(5)32(41)30(36-29)35-26-15-9-23(10-16-26)19-39-18-17-34-21-39/h6-18,20-21H,19H2,1-5H3,(H,35,36)(H,37,40). The number of carbonyl (C=O) groups excluding carboxylic acids is 1. The molecular weight excluding hydrogens is 512 g/mol. The van der Waals surface area contributed by atoms with Gasteiger partial charge in [0.2, 0.25) is 0 Å². The van der Waals surface area contributed by atoms with E-state index >= 15 is 0 Å². The smallest absolute Gasteiger partial charge is 0.293 e. The Morgan fingerprint density at radius 1 is 0.976 bits per heavy atom. The average molecular weight is 547 g/mol. The van der Waals surface area contributed by atoms with Gasteiger partial charge in [0.25, 0.3) is 11.5 Å². The molecule has 0 aliphatic heterocycles. The van der Waals surface area contributed by atoms with Crippen LogP contribution in [0.15, 0.2) is 96.4 Å². The van der Waals surface area contributed by atoms with Crippen LogP contribution < -0.4 is 16.2 Å². The number of hydrogen-bond acceptors (Lipinski definition) is 5. The second-order valence-electron chi connectivity index (χ2n) is 11.2. The zero-order valence-electron chi connectivity index (χ0n) is 24.0. The van der Waals surface area contributed by atoms with E-state index in [0.29, 0.717) is 23.5 Å². The lowest BCUT2D eigenvalue weighted by atomic mass is 9.86. The highest BCUT2D eigenvalue weighted by atomic mass is 16.1. The first-order valence-electron chi connectivity index (χ1n) is 13.5. The van der Waals surface area contributed by atoms with Crippen molar-refractivity contribution in [1.82, 2.24) is 19.1 Å².